The van der Waals surface area contributed by atoms with E-state index in [4.69, 9.17) is 4.74 Å². The second-order valence-corrected chi connectivity index (χ2v) is 8.38. The van der Waals surface area contributed by atoms with Gasteiger partial charge in [-0.2, -0.15) is 0 Å². The minimum Gasteiger partial charge on any atom is -0.482 e. The van der Waals surface area contributed by atoms with E-state index in [0.29, 0.717) is 24.5 Å². The molecule has 152 valence electrons. The number of carbonyl (C=O) groups excluding carboxylic acids is 2. The van der Waals surface area contributed by atoms with E-state index in [-0.39, 0.29) is 25.0 Å². The Labute approximate surface area is 179 Å². The summed E-state index contributed by atoms with van der Waals surface area (Å²) < 4.78 is 6.38. The number of benzene rings is 2. The number of rotatable bonds is 4. The van der Waals surface area contributed by atoms with Gasteiger partial charge in [0.1, 0.15) is 12.3 Å². The van der Waals surface area contributed by atoms with Gasteiger partial charge < -0.3 is 9.64 Å². The van der Waals surface area contributed by atoms with Gasteiger partial charge >= 0.3 is 0 Å². The number of nitrogens with zero attached hydrogens (tertiary/aromatic N) is 3. The Balaban J connectivity index is 1.36. The van der Waals surface area contributed by atoms with Gasteiger partial charge in [-0.25, -0.2) is 0 Å². The van der Waals surface area contributed by atoms with Crippen LogP contribution in [0.25, 0.3) is 0 Å². The first kappa shape index (κ1) is 19.9. The lowest BCUT2D eigenvalue weighted by Crippen LogP contribution is -2.52. The standard InChI is InChI=1S/C22H24BrN3O3/c1-16-4-2-3-5-17(16)13-24-8-10-25(11-9-24)21(27)14-26-19-7-6-18(23)12-20(19)29-15-22(26)28/h2-7,12H,8-11,13-15H2,1H3. The largest absolute Gasteiger partial charge is 0.482 e. The highest BCUT2D eigenvalue weighted by Crippen LogP contribution is 2.34. The lowest BCUT2D eigenvalue weighted by atomic mass is 10.1. The van der Waals surface area contributed by atoms with E-state index in [2.05, 4.69) is 52.0 Å². The average Bonchev–Trinajstić information content (AvgIpc) is 2.72. The first-order valence-corrected chi connectivity index (χ1v) is 10.6. The van der Waals surface area contributed by atoms with E-state index in [1.165, 1.54) is 16.0 Å². The van der Waals surface area contributed by atoms with Crippen LogP contribution in [0.5, 0.6) is 5.75 Å². The van der Waals surface area contributed by atoms with Crippen molar-refractivity contribution in [1.29, 1.82) is 0 Å². The number of anilines is 1. The van der Waals surface area contributed by atoms with Gasteiger partial charge in [0.25, 0.3) is 5.91 Å². The fourth-order valence-corrected chi connectivity index (χ4v) is 4.11. The van der Waals surface area contributed by atoms with E-state index in [9.17, 15) is 9.59 Å². The van der Waals surface area contributed by atoms with Gasteiger partial charge in [-0.05, 0) is 36.2 Å². The molecule has 2 aromatic rings. The Kier molecular flexibility index (Phi) is 5.87. The molecular weight excluding hydrogens is 434 g/mol. The molecule has 0 spiro atoms. The van der Waals surface area contributed by atoms with E-state index in [1.807, 2.05) is 23.1 Å². The van der Waals surface area contributed by atoms with Crippen LogP contribution in [0.1, 0.15) is 11.1 Å². The molecular formula is C22H24BrN3O3. The van der Waals surface area contributed by atoms with Crippen molar-refractivity contribution < 1.29 is 14.3 Å². The van der Waals surface area contributed by atoms with Crippen LogP contribution in [0.3, 0.4) is 0 Å². The van der Waals surface area contributed by atoms with Crippen molar-refractivity contribution >= 4 is 33.4 Å². The third kappa shape index (κ3) is 4.46. The monoisotopic (exact) mass is 457 g/mol. The second-order valence-electron chi connectivity index (χ2n) is 7.46. The molecule has 1 fully saturated rings. The molecule has 0 aliphatic carbocycles. The first-order chi connectivity index (χ1) is 14.0. The lowest BCUT2D eigenvalue weighted by molar-refractivity contribution is -0.133. The topological polar surface area (TPSA) is 53.1 Å². The van der Waals surface area contributed by atoms with Gasteiger partial charge in [0, 0.05) is 37.2 Å². The third-order valence-electron chi connectivity index (χ3n) is 5.54. The highest BCUT2D eigenvalue weighted by molar-refractivity contribution is 9.10. The highest BCUT2D eigenvalue weighted by Gasteiger charge is 2.30. The predicted molar refractivity (Wildman–Crippen MR) is 115 cm³/mol. The molecule has 29 heavy (non-hydrogen) atoms. The quantitative estimate of drug-likeness (QED) is 0.708. The number of hydrogen-bond acceptors (Lipinski definition) is 4. The molecule has 7 heteroatoms. The number of carbonyl (C=O) groups is 2. The summed E-state index contributed by atoms with van der Waals surface area (Å²) in [6, 6.07) is 13.9. The molecule has 0 atom stereocenters. The van der Waals surface area contributed by atoms with E-state index >= 15 is 0 Å². The highest BCUT2D eigenvalue weighted by atomic mass is 79.9. The fourth-order valence-electron chi connectivity index (χ4n) is 3.77. The van der Waals surface area contributed by atoms with Crippen LogP contribution in [-0.2, 0) is 16.1 Å². The molecule has 2 aliphatic heterocycles. The zero-order valence-corrected chi connectivity index (χ0v) is 18.0. The second kappa shape index (κ2) is 8.55. The van der Waals surface area contributed by atoms with Crippen molar-refractivity contribution in [2.75, 3.05) is 44.2 Å². The van der Waals surface area contributed by atoms with Crippen LogP contribution >= 0.6 is 15.9 Å². The number of ether oxygens (including phenoxy) is 1. The minimum atomic E-state index is -0.189. The van der Waals surface area contributed by atoms with E-state index < -0.39 is 0 Å². The Bertz CT molecular complexity index is 925. The number of hydrogen-bond donors (Lipinski definition) is 0. The molecule has 2 aliphatic rings. The summed E-state index contributed by atoms with van der Waals surface area (Å²) in [6.45, 7) is 6.06. The van der Waals surface area contributed by atoms with Crippen LogP contribution in [-0.4, -0.2) is 60.9 Å². The zero-order chi connectivity index (χ0) is 20.4. The Morgan fingerprint density at radius 3 is 2.62 bits per heavy atom. The Hall–Kier alpha value is -2.38. The molecule has 2 aromatic carbocycles. The van der Waals surface area contributed by atoms with Crippen LogP contribution in [0.15, 0.2) is 46.9 Å². The SMILES string of the molecule is Cc1ccccc1CN1CCN(C(=O)CN2C(=O)COc3cc(Br)ccc32)CC1. The molecule has 6 nitrogen and oxygen atoms in total. The van der Waals surface area contributed by atoms with Gasteiger partial charge in [-0.3, -0.25) is 19.4 Å². The maximum absolute atomic E-state index is 12.9. The Morgan fingerprint density at radius 2 is 1.86 bits per heavy atom. The van der Waals surface area contributed by atoms with Crippen LogP contribution < -0.4 is 9.64 Å². The maximum Gasteiger partial charge on any atom is 0.265 e. The summed E-state index contributed by atoms with van der Waals surface area (Å²) in [4.78, 5) is 31.0. The van der Waals surface area contributed by atoms with Gasteiger partial charge in [0.15, 0.2) is 6.61 Å². The molecule has 2 heterocycles. The molecule has 0 aromatic heterocycles. The van der Waals surface area contributed by atoms with Gasteiger partial charge in [0.05, 0.1) is 5.69 Å². The van der Waals surface area contributed by atoms with Crippen molar-refractivity contribution in [3.63, 3.8) is 0 Å². The van der Waals surface area contributed by atoms with E-state index in [0.717, 1.165) is 24.1 Å². The van der Waals surface area contributed by atoms with Crippen LogP contribution in [0.2, 0.25) is 0 Å². The molecule has 2 amide bonds. The number of amides is 2. The average molecular weight is 458 g/mol. The van der Waals surface area contributed by atoms with Crippen LogP contribution in [0, 0.1) is 6.92 Å². The van der Waals surface area contributed by atoms with Gasteiger partial charge in [-0.1, -0.05) is 40.2 Å². The van der Waals surface area contributed by atoms with Crippen LogP contribution in [0.4, 0.5) is 5.69 Å². The first-order valence-electron chi connectivity index (χ1n) is 9.78. The normalized spacial score (nSPS) is 17.1. The summed E-state index contributed by atoms with van der Waals surface area (Å²) in [5.74, 6) is 0.408. The number of fused-ring (bicyclic) bond motifs is 1. The Morgan fingerprint density at radius 1 is 1.10 bits per heavy atom. The van der Waals surface area contributed by atoms with Gasteiger partial charge in [0.2, 0.25) is 5.91 Å². The fraction of sp³-hybridized carbons (Fsp3) is 0.364. The number of aryl methyl sites for hydroxylation is 1. The molecule has 0 radical (unpaired) electrons. The van der Waals surface area contributed by atoms with Crippen molar-refractivity contribution in [2.24, 2.45) is 0 Å². The summed E-state index contributed by atoms with van der Waals surface area (Å²) in [6.07, 6.45) is 0. The molecule has 0 N–H and O–H groups in total. The summed E-state index contributed by atoms with van der Waals surface area (Å²) in [7, 11) is 0. The van der Waals surface area contributed by atoms with Crippen molar-refractivity contribution in [3.05, 3.63) is 58.1 Å². The maximum atomic E-state index is 12.9. The minimum absolute atomic E-state index is 0.0235. The zero-order valence-electron chi connectivity index (χ0n) is 16.4. The van der Waals surface area contributed by atoms with Crippen molar-refractivity contribution in [2.45, 2.75) is 13.5 Å². The molecule has 0 saturated carbocycles. The lowest BCUT2D eigenvalue weighted by Gasteiger charge is -2.36. The van der Waals surface area contributed by atoms with E-state index in [1.54, 1.807) is 0 Å². The van der Waals surface area contributed by atoms with Crippen molar-refractivity contribution in [1.82, 2.24) is 9.80 Å². The smallest absolute Gasteiger partial charge is 0.265 e. The molecule has 4 rings (SSSR count). The summed E-state index contributed by atoms with van der Waals surface area (Å²) in [5.41, 5.74) is 3.27. The number of piperazine rings is 1. The summed E-state index contributed by atoms with van der Waals surface area (Å²) >= 11 is 3.41. The summed E-state index contributed by atoms with van der Waals surface area (Å²) in [5, 5.41) is 0. The number of halogens is 1. The molecule has 0 unspecified atom stereocenters. The molecule has 0 bridgehead atoms. The third-order valence-corrected chi connectivity index (χ3v) is 6.03. The van der Waals surface area contributed by atoms with Gasteiger partial charge in [-0.15, -0.1) is 0 Å². The van der Waals surface area contributed by atoms with Crippen molar-refractivity contribution in [3.8, 4) is 5.75 Å². The molecule has 1 saturated heterocycles. The predicted octanol–water partition coefficient (Wildman–Crippen LogP) is 2.83.